The van der Waals surface area contributed by atoms with E-state index >= 15 is 0 Å². The maximum Gasteiger partial charge on any atom is 0.266 e. The number of ether oxygens (including phenoxy) is 2. The number of carbonyl (C=O) groups excluding carboxylic acids is 1. The Hall–Kier alpha value is -2.49. The van der Waals surface area contributed by atoms with Gasteiger partial charge >= 0.3 is 0 Å². The Morgan fingerprint density at radius 2 is 1.89 bits per heavy atom. The number of amides is 1. The van der Waals surface area contributed by atoms with Crippen LogP contribution in [0.3, 0.4) is 0 Å². The van der Waals surface area contributed by atoms with Gasteiger partial charge in [-0.15, -0.1) is 0 Å². The lowest BCUT2D eigenvalue weighted by atomic mass is 10.1. The molecular formula is C20H18BrClN2O3. The Bertz CT molecular complexity index is 889. The molecule has 0 aliphatic carbocycles. The molecule has 0 aliphatic rings. The van der Waals surface area contributed by atoms with Gasteiger partial charge in [-0.3, -0.25) is 4.79 Å². The smallest absolute Gasteiger partial charge is 0.266 e. The highest BCUT2D eigenvalue weighted by atomic mass is 79.9. The first-order chi connectivity index (χ1) is 13.0. The number of nitrogens with one attached hydrogen (secondary N) is 1. The van der Waals surface area contributed by atoms with Crippen molar-refractivity contribution in [1.82, 2.24) is 0 Å². The zero-order valence-corrected chi connectivity index (χ0v) is 17.2. The van der Waals surface area contributed by atoms with Gasteiger partial charge in [0.1, 0.15) is 11.6 Å². The van der Waals surface area contributed by atoms with Crippen LogP contribution >= 0.6 is 27.5 Å². The molecule has 0 radical (unpaired) electrons. The first-order valence-corrected chi connectivity index (χ1v) is 9.43. The minimum atomic E-state index is -0.511. The van der Waals surface area contributed by atoms with Crippen LogP contribution in [-0.2, 0) is 4.79 Å². The van der Waals surface area contributed by atoms with E-state index in [1.54, 1.807) is 36.4 Å². The number of anilines is 1. The standard InChI is InChI=1S/C20H18BrClN2O3/c1-3-26-18-11-13(10-17(22)19(18)27-4-2)9-14(12-23)20(25)24-16-7-5-15(21)6-8-16/h5-11H,3-4H2,1-2H3,(H,24,25)/b14-9+. The van der Waals surface area contributed by atoms with Gasteiger partial charge in [0.25, 0.3) is 5.91 Å². The molecule has 0 spiro atoms. The average Bonchev–Trinajstić information content (AvgIpc) is 2.64. The minimum absolute atomic E-state index is 0.0550. The van der Waals surface area contributed by atoms with Crippen LogP contribution in [0.4, 0.5) is 5.69 Å². The van der Waals surface area contributed by atoms with Crippen molar-refractivity contribution in [3.05, 3.63) is 57.0 Å². The maximum atomic E-state index is 12.4. The topological polar surface area (TPSA) is 71.3 Å². The van der Waals surface area contributed by atoms with Crippen LogP contribution in [0.25, 0.3) is 6.08 Å². The number of nitrogens with zero attached hydrogens (tertiary/aromatic N) is 1. The molecule has 1 N–H and O–H groups in total. The van der Waals surface area contributed by atoms with E-state index in [0.717, 1.165) is 4.47 Å². The molecule has 5 nitrogen and oxygen atoms in total. The Kier molecular flexibility index (Phi) is 7.71. The summed E-state index contributed by atoms with van der Waals surface area (Å²) in [6.07, 6.45) is 1.46. The molecule has 0 atom stereocenters. The predicted molar refractivity (Wildman–Crippen MR) is 110 cm³/mol. The Morgan fingerprint density at radius 1 is 1.22 bits per heavy atom. The van der Waals surface area contributed by atoms with Crippen molar-refractivity contribution in [1.29, 1.82) is 5.26 Å². The largest absolute Gasteiger partial charge is 0.490 e. The van der Waals surface area contributed by atoms with Gasteiger partial charge in [-0.25, -0.2) is 0 Å². The summed E-state index contributed by atoms with van der Waals surface area (Å²) < 4.78 is 12.0. The second-order valence-corrected chi connectivity index (χ2v) is 6.65. The zero-order valence-electron chi connectivity index (χ0n) is 14.9. The third kappa shape index (κ3) is 5.75. The van der Waals surface area contributed by atoms with Gasteiger partial charge in [-0.2, -0.15) is 5.26 Å². The van der Waals surface area contributed by atoms with E-state index in [2.05, 4.69) is 21.2 Å². The number of rotatable bonds is 7. The van der Waals surface area contributed by atoms with Crippen molar-refractivity contribution in [3.8, 4) is 17.6 Å². The van der Waals surface area contributed by atoms with E-state index in [9.17, 15) is 10.1 Å². The van der Waals surface area contributed by atoms with Crippen LogP contribution in [0.2, 0.25) is 5.02 Å². The van der Waals surface area contributed by atoms with Gasteiger partial charge in [0.15, 0.2) is 11.5 Å². The van der Waals surface area contributed by atoms with Gasteiger partial charge < -0.3 is 14.8 Å². The van der Waals surface area contributed by atoms with Gasteiger partial charge in [-0.1, -0.05) is 27.5 Å². The third-order valence-corrected chi connectivity index (χ3v) is 4.21. The highest BCUT2D eigenvalue weighted by Gasteiger charge is 2.14. The van der Waals surface area contributed by atoms with Crippen LogP contribution in [0.15, 0.2) is 46.4 Å². The summed E-state index contributed by atoms with van der Waals surface area (Å²) in [6, 6.07) is 12.3. The van der Waals surface area contributed by atoms with E-state index in [1.807, 2.05) is 19.9 Å². The summed E-state index contributed by atoms with van der Waals surface area (Å²) in [5, 5.41) is 12.4. The molecule has 2 aromatic carbocycles. The molecule has 0 aromatic heterocycles. The lowest BCUT2D eigenvalue weighted by Crippen LogP contribution is -2.13. The fourth-order valence-corrected chi connectivity index (χ4v) is 2.80. The van der Waals surface area contributed by atoms with E-state index in [1.165, 1.54) is 6.08 Å². The zero-order chi connectivity index (χ0) is 19.8. The van der Waals surface area contributed by atoms with E-state index < -0.39 is 5.91 Å². The highest BCUT2D eigenvalue weighted by Crippen LogP contribution is 2.37. The molecule has 1 amide bonds. The number of benzene rings is 2. The molecular weight excluding hydrogens is 432 g/mol. The Labute approximate surface area is 171 Å². The van der Waals surface area contributed by atoms with Gasteiger partial charge in [0, 0.05) is 10.2 Å². The van der Waals surface area contributed by atoms with E-state index in [4.69, 9.17) is 21.1 Å². The molecule has 2 rings (SSSR count). The average molecular weight is 450 g/mol. The van der Waals surface area contributed by atoms with Crippen LogP contribution in [0.1, 0.15) is 19.4 Å². The minimum Gasteiger partial charge on any atom is -0.490 e. The number of halogens is 2. The first kappa shape index (κ1) is 20.8. The Balaban J connectivity index is 2.31. The summed E-state index contributed by atoms with van der Waals surface area (Å²) in [5.74, 6) is 0.391. The molecule has 27 heavy (non-hydrogen) atoms. The summed E-state index contributed by atoms with van der Waals surface area (Å²) in [6.45, 7) is 4.56. The Morgan fingerprint density at radius 3 is 2.48 bits per heavy atom. The quantitative estimate of drug-likeness (QED) is 0.451. The van der Waals surface area contributed by atoms with Crippen molar-refractivity contribution in [2.45, 2.75) is 13.8 Å². The fourth-order valence-electron chi connectivity index (χ4n) is 2.27. The van der Waals surface area contributed by atoms with Crippen molar-refractivity contribution in [2.75, 3.05) is 18.5 Å². The van der Waals surface area contributed by atoms with Crippen molar-refractivity contribution in [3.63, 3.8) is 0 Å². The second kappa shape index (κ2) is 10.0. The summed E-state index contributed by atoms with van der Waals surface area (Å²) in [4.78, 5) is 12.4. The molecule has 0 unspecified atom stereocenters. The molecule has 0 aliphatic heterocycles. The number of hydrogen-bond donors (Lipinski definition) is 1. The lowest BCUT2D eigenvalue weighted by molar-refractivity contribution is -0.112. The van der Waals surface area contributed by atoms with Crippen molar-refractivity contribution >= 4 is 45.2 Å². The molecule has 7 heteroatoms. The van der Waals surface area contributed by atoms with Gasteiger partial charge in [-0.05, 0) is 61.9 Å². The lowest BCUT2D eigenvalue weighted by Gasteiger charge is -2.13. The summed E-state index contributed by atoms with van der Waals surface area (Å²) in [5.41, 5.74) is 1.10. The third-order valence-electron chi connectivity index (χ3n) is 3.40. The van der Waals surface area contributed by atoms with E-state index in [-0.39, 0.29) is 5.57 Å². The fraction of sp³-hybridized carbons (Fsp3) is 0.200. The predicted octanol–water partition coefficient (Wildman–Crippen LogP) is 5.45. The second-order valence-electron chi connectivity index (χ2n) is 5.33. The monoisotopic (exact) mass is 448 g/mol. The molecule has 0 heterocycles. The van der Waals surface area contributed by atoms with Gasteiger partial charge in [0.05, 0.1) is 18.2 Å². The normalized spacial score (nSPS) is 10.9. The van der Waals surface area contributed by atoms with Gasteiger partial charge in [0.2, 0.25) is 0 Å². The van der Waals surface area contributed by atoms with E-state index in [0.29, 0.717) is 41.0 Å². The van der Waals surface area contributed by atoms with Crippen LogP contribution in [-0.4, -0.2) is 19.1 Å². The summed E-state index contributed by atoms with van der Waals surface area (Å²) in [7, 11) is 0. The SMILES string of the molecule is CCOc1cc(/C=C(\C#N)C(=O)Nc2ccc(Br)cc2)cc(Cl)c1OCC. The maximum absolute atomic E-state index is 12.4. The highest BCUT2D eigenvalue weighted by molar-refractivity contribution is 9.10. The van der Waals surface area contributed by atoms with Crippen LogP contribution < -0.4 is 14.8 Å². The molecule has 140 valence electrons. The molecule has 0 saturated heterocycles. The number of hydrogen-bond acceptors (Lipinski definition) is 4. The van der Waals surface area contributed by atoms with Crippen LogP contribution in [0.5, 0.6) is 11.5 Å². The number of carbonyl (C=O) groups is 1. The van der Waals surface area contributed by atoms with Crippen molar-refractivity contribution < 1.29 is 14.3 Å². The molecule has 0 saturated carbocycles. The van der Waals surface area contributed by atoms with Crippen molar-refractivity contribution in [2.24, 2.45) is 0 Å². The first-order valence-electron chi connectivity index (χ1n) is 8.26. The molecule has 2 aromatic rings. The van der Waals surface area contributed by atoms with Crippen LogP contribution in [0, 0.1) is 11.3 Å². The molecule has 0 fully saturated rings. The molecule has 0 bridgehead atoms. The summed E-state index contributed by atoms with van der Waals surface area (Å²) >= 11 is 9.61. The number of nitriles is 1.